The molecule has 0 heterocycles. The Morgan fingerprint density at radius 3 is 2.60 bits per heavy atom. The van der Waals surface area contributed by atoms with Crippen molar-refractivity contribution >= 4 is 27.7 Å². The molecule has 0 spiro atoms. The first kappa shape index (κ1) is 16.7. The Morgan fingerprint density at radius 2 is 2.05 bits per heavy atom. The highest BCUT2D eigenvalue weighted by Gasteiger charge is 2.19. The average Bonchev–Trinajstić information content (AvgIpc) is 2.33. The third kappa shape index (κ3) is 5.71. The van der Waals surface area contributed by atoms with Crippen LogP contribution >= 0.6 is 15.9 Å². The Balaban J connectivity index is 2.51. The van der Waals surface area contributed by atoms with Crippen LogP contribution in [0.5, 0.6) is 0 Å². The number of benzene rings is 1. The number of nitrogens with zero attached hydrogens (tertiary/aromatic N) is 1. The number of carbonyl (C=O) groups excluding carboxylic acids is 2. The van der Waals surface area contributed by atoms with E-state index in [1.165, 1.54) is 4.90 Å². The van der Waals surface area contributed by atoms with Gasteiger partial charge in [-0.05, 0) is 32.0 Å². The summed E-state index contributed by atoms with van der Waals surface area (Å²) in [6.45, 7) is 3.35. The molecule has 0 aliphatic rings. The van der Waals surface area contributed by atoms with Crippen molar-refractivity contribution in [2.45, 2.75) is 19.4 Å². The topological polar surface area (TPSA) is 69.6 Å². The smallest absolute Gasteiger partial charge is 0.251 e. The van der Waals surface area contributed by atoms with Crippen LogP contribution < -0.4 is 5.32 Å². The minimum Gasteiger partial charge on any atom is -0.389 e. The number of likely N-dealkylation sites (N-methyl/N-ethyl adjacent to an activating group) is 1. The van der Waals surface area contributed by atoms with Crippen molar-refractivity contribution in [1.82, 2.24) is 10.2 Å². The monoisotopic (exact) mass is 342 g/mol. The minimum absolute atomic E-state index is 0.0993. The number of hydrogen-bond donors (Lipinski definition) is 2. The molecule has 0 unspecified atom stereocenters. The second-order valence-corrected chi connectivity index (χ2v) is 6.17. The van der Waals surface area contributed by atoms with Gasteiger partial charge in [0.1, 0.15) is 0 Å². The largest absolute Gasteiger partial charge is 0.389 e. The molecule has 0 aliphatic heterocycles. The minimum atomic E-state index is -0.960. The Labute approximate surface area is 127 Å². The third-order valence-electron chi connectivity index (χ3n) is 2.54. The summed E-state index contributed by atoms with van der Waals surface area (Å²) in [4.78, 5) is 25.1. The van der Waals surface area contributed by atoms with E-state index in [1.54, 1.807) is 39.1 Å². The van der Waals surface area contributed by atoms with Crippen molar-refractivity contribution in [2.24, 2.45) is 0 Å². The summed E-state index contributed by atoms with van der Waals surface area (Å²) in [6.07, 6.45) is 0. The average molecular weight is 343 g/mol. The van der Waals surface area contributed by atoms with Gasteiger partial charge in [0.2, 0.25) is 5.91 Å². The third-order valence-corrected chi connectivity index (χ3v) is 3.03. The first-order valence-corrected chi connectivity index (χ1v) is 6.98. The molecule has 0 fully saturated rings. The van der Waals surface area contributed by atoms with Crippen LogP contribution in [-0.2, 0) is 4.79 Å². The summed E-state index contributed by atoms with van der Waals surface area (Å²) in [5.41, 5.74) is -0.476. The number of halogens is 1. The molecule has 1 aromatic rings. The maximum Gasteiger partial charge on any atom is 0.251 e. The molecule has 1 rings (SSSR count). The van der Waals surface area contributed by atoms with Crippen molar-refractivity contribution in [3.05, 3.63) is 34.3 Å². The van der Waals surface area contributed by atoms with Crippen LogP contribution in [0.15, 0.2) is 28.7 Å². The van der Waals surface area contributed by atoms with Gasteiger partial charge in [-0.25, -0.2) is 0 Å². The van der Waals surface area contributed by atoms with E-state index < -0.39 is 5.60 Å². The number of amides is 2. The van der Waals surface area contributed by atoms with Crippen molar-refractivity contribution in [3.63, 3.8) is 0 Å². The molecule has 0 saturated heterocycles. The number of nitrogens with one attached hydrogen (secondary N) is 1. The predicted octanol–water partition coefficient (Wildman–Crippen LogP) is 1.41. The van der Waals surface area contributed by atoms with Crippen molar-refractivity contribution in [3.8, 4) is 0 Å². The summed E-state index contributed by atoms with van der Waals surface area (Å²) in [6, 6.07) is 6.92. The van der Waals surface area contributed by atoms with Gasteiger partial charge in [-0.2, -0.15) is 0 Å². The lowest BCUT2D eigenvalue weighted by molar-refractivity contribution is -0.131. The van der Waals surface area contributed by atoms with E-state index >= 15 is 0 Å². The van der Waals surface area contributed by atoms with Gasteiger partial charge in [-0.1, -0.05) is 22.0 Å². The molecular formula is C14H19BrN2O3. The van der Waals surface area contributed by atoms with Gasteiger partial charge in [0, 0.05) is 23.6 Å². The van der Waals surface area contributed by atoms with E-state index in [4.69, 9.17) is 0 Å². The molecule has 0 aliphatic carbocycles. The summed E-state index contributed by atoms with van der Waals surface area (Å²) >= 11 is 3.28. The second kappa shape index (κ2) is 6.85. The van der Waals surface area contributed by atoms with Gasteiger partial charge < -0.3 is 15.3 Å². The lowest BCUT2D eigenvalue weighted by atomic mass is 10.1. The maximum atomic E-state index is 11.9. The standard InChI is InChI=1S/C14H19BrN2O3/c1-14(2,20)9-17(3)12(18)8-16-13(19)10-5-4-6-11(15)7-10/h4-7,20H,8-9H2,1-3H3,(H,16,19). The van der Waals surface area contributed by atoms with Crippen molar-refractivity contribution < 1.29 is 14.7 Å². The van der Waals surface area contributed by atoms with Gasteiger partial charge >= 0.3 is 0 Å². The van der Waals surface area contributed by atoms with Gasteiger partial charge in [0.25, 0.3) is 5.91 Å². The number of carbonyl (C=O) groups is 2. The van der Waals surface area contributed by atoms with E-state index in [-0.39, 0.29) is 24.9 Å². The fraction of sp³-hybridized carbons (Fsp3) is 0.429. The molecule has 110 valence electrons. The Bertz CT molecular complexity index is 497. The molecule has 2 amide bonds. The first-order valence-electron chi connectivity index (χ1n) is 6.19. The van der Waals surface area contributed by atoms with Gasteiger partial charge in [0.15, 0.2) is 0 Å². The van der Waals surface area contributed by atoms with Crippen LogP contribution in [0.3, 0.4) is 0 Å². The molecule has 0 bridgehead atoms. The molecule has 0 atom stereocenters. The maximum absolute atomic E-state index is 11.9. The highest BCUT2D eigenvalue weighted by Crippen LogP contribution is 2.11. The fourth-order valence-electron chi connectivity index (χ4n) is 1.69. The summed E-state index contributed by atoms with van der Waals surface area (Å²) in [7, 11) is 1.59. The lowest BCUT2D eigenvalue weighted by Gasteiger charge is -2.25. The van der Waals surface area contributed by atoms with Gasteiger partial charge in [0.05, 0.1) is 12.1 Å². The molecule has 2 N–H and O–H groups in total. The molecule has 0 aromatic heterocycles. The van der Waals surface area contributed by atoms with Crippen LogP contribution in [0.1, 0.15) is 24.2 Å². The van der Waals surface area contributed by atoms with E-state index in [1.807, 2.05) is 6.07 Å². The van der Waals surface area contributed by atoms with Crippen LogP contribution in [-0.4, -0.2) is 47.6 Å². The van der Waals surface area contributed by atoms with Crippen LogP contribution in [0, 0.1) is 0 Å². The molecule has 0 radical (unpaired) electrons. The summed E-state index contributed by atoms with van der Waals surface area (Å²) in [5, 5.41) is 12.2. The fourth-order valence-corrected chi connectivity index (χ4v) is 2.09. The number of aliphatic hydroxyl groups is 1. The second-order valence-electron chi connectivity index (χ2n) is 5.26. The molecule has 0 saturated carbocycles. The first-order chi connectivity index (χ1) is 9.19. The summed E-state index contributed by atoms with van der Waals surface area (Å²) < 4.78 is 0.802. The van der Waals surface area contributed by atoms with Crippen LogP contribution in [0.2, 0.25) is 0 Å². The number of rotatable bonds is 5. The van der Waals surface area contributed by atoms with E-state index in [0.717, 1.165) is 4.47 Å². The zero-order chi connectivity index (χ0) is 15.3. The zero-order valence-corrected chi connectivity index (χ0v) is 13.4. The SMILES string of the molecule is CN(CC(C)(C)O)C(=O)CNC(=O)c1cccc(Br)c1. The molecular weight excluding hydrogens is 324 g/mol. The Hall–Kier alpha value is -1.40. The number of hydrogen-bond acceptors (Lipinski definition) is 3. The quantitative estimate of drug-likeness (QED) is 0.849. The normalized spacial score (nSPS) is 11.1. The lowest BCUT2D eigenvalue weighted by Crippen LogP contribution is -2.44. The van der Waals surface area contributed by atoms with Crippen molar-refractivity contribution in [1.29, 1.82) is 0 Å². The highest BCUT2D eigenvalue weighted by atomic mass is 79.9. The zero-order valence-electron chi connectivity index (χ0n) is 11.8. The van der Waals surface area contributed by atoms with Crippen LogP contribution in [0.4, 0.5) is 0 Å². The summed E-state index contributed by atoms with van der Waals surface area (Å²) in [5.74, 6) is -0.563. The molecule has 5 nitrogen and oxygen atoms in total. The van der Waals surface area contributed by atoms with Crippen LogP contribution in [0.25, 0.3) is 0 Å². The molecule has 20 heavy (non-hydrogen) atoms. The van der Waals surface area contributed by atoms with Gasteiger partial charge in [-0.15, -0.1) is 0 Å². The predicted molar refractivity (Wildman–Crippen MR) is 80.4 cm³/mol. The Kier molecular flexibility index (Phi) is 5.71. The van der Waals surface area contributed by atoms with E-state index in [9.17, 15) is 14.7 Å². The molecule has 6 heteroatoms. The highest BCUT2D eigenvalue weighted by molar-refractivity contribution is 9.10. The van der Waals surface area contributed by atoms with Gasteiger partial charge in [-0.3, -0.25) is 9.59 Å². The van der Waals surface area contributed by atoms with E-state index in [0.29, 0.717) is 5.56 Å². The Morgan fingerprint density at radius 1 is 1.40 bits per heavy atom. The van der Waals surface area contributed by atoms with E-state index in [2.05, 4.69) is 21.2 Å². The van der Waals surface area contributed by atoms with Crippen molar-refractivity contribution in [2.75, 3.05) is 20.1 Å². The molecule has 1 aromatic carbocycles.